The van der Waals surface area contributed by atoms with E-state index in [-0.39, 0.29) is 22.8 Å². The van der Waals surface area contributed by atoms with Crippen LogP contribution in [0.25, 0.3) is 11.1 Å². The lowest BCUT2D eigenvalue weighted by Gasteiger charge is -2.28. The summed E-state index contributed by atoms with van der Waals surface area (Å²) in [5.74, 6) is -3.35. The van der Waals surface area contributed by atoms with Gasteiger partial charge in [-0.05, 0) is 73.4 Å². The Hall–Kier alpha value is -3.56. The van der Waals surface area contributed by atoms with E-state index in [1.54, 1.807) is 12.1 Å². The molecule has 1 aliphatic rings. The van der Waals surface area contributed by atoms with Gasteiger partial charge in [-0.25, -0.2) is 13.2 Å². The number of para-hydroxylation sites is 1. The maximum Gasteiger partial charge on any atom is 0.432 e. The van der Waals surface area contributed by atoms with Gasteiger partial charge in [0.25, 0.3) is 0 Å². The molecule has 0 amide bonds. The molecule has 1 aliphatic carbocycles. The van der Waals surface area contributed by atoms with E-state index in [2.05, 4.69) is 6.92 Å². The zero-order valence-electron chi connectivity index (χ0n) is 24.4. The fourth-order valence-electron chi connectivity index (χ4n) is 5.50. The molecule has 0 radical (unpaired) electrons. The molecule has 2 atom stereocenters. The van der Waals surface area contributed by atoms with Crippen LogP contribution in [-0.4, -0.2) is 25.4 Å². The summed E-state index contributed by atoms with van der Waals surface area (Å²) in [7, 11) is 0. The highest BCUT2D eigenvalue weighted by Gasteiger charge is 2.34. The average molecular weight is 611 g/mol. The van der Waals surface area contributed by atoms with Crippen molar-refractivity contribution in [1.82, 2.24) is 0 Å². The van der Waals surface area contributed by atoms with Gasteiger partial charge in [-0.3, -0.25) is 0 Å². The topological polar surface area (TPSA) is 36.9 Å². The molecule has 3 aromatic carbocycles. The summed E-state index contributed by atoms with van der Waals surface area (Å²) in [5, 5.41) is 0. The predicted octanol–water partition coefficient (Wildman–Crippen LogP) is 10.1. The molecule has 1 fully saturated rings. The van der Waals surface area contributed by atoms with Gasteiger partial charge in [0.05, 0.1) is 0 Å². The molecule has 0 spiro atoms. The summed E-state index contributed by atoms with van der Waals surface area (Å²) < 4.78 is 106. The van der Waals surface area contributed by atoms with E-state index in [4.69, 9.17) is 18.9 Å². The maximum absolute atomic E-state index is 15.1. The van der Waals surface area contributed by atoms with E-state index in [1.807, 2.05) is 0 Å². The summed E-state index contributed by atoms with van der Waals surface area (Å²) in [6, 6.07) is 12.4. The Morgan fingerprint density at radius 1 is 0.791 bits per heavy atom. The Bertz CT molecular complexity index is 1340. The van der Waals surface area contributed by atoms with Crippen molar-refractivity contribution in [3.05, 3.63) is 71.8 Å². The van der Waals surface area contributed by atoms with E-state index >= 15 is 4.39 Å². The minimum absolute atomic E-state index is 0.0849. The molecule has 0 heterocycles. The lowest BCUT2D eigenvalue weighted by Crippen LogP contribution is -2.32. The lowest BCUT2D eigenvalue weighted by molar-refractivity contribution is -0.195. The second kappa shape index (κ2) is 14.3. The molecule has 4 rings (SSSR count). The fraction of sp³-hybridized carbons (Fsp3) is 0.455. The van der Waals surface area contributed by atoms with Gasteiger partial charge < -0.3 is 18.9 Å². The molecule has 0 saturated heterocycles. The summed E-state index contributed by atoms with van der Waals surface area (Å²) in [6.07, 6.45) is -0.684. The monoisotopic (exact) mass is 610 g/mol. The number of alkyl halides is 4. The highest BCUT2D eigenvalue weighted by molar-refractivity contribution is 5.75. The van der Waals surface area contributed by atoms with Crippen LogP contribution in [-0.2, 0) is 0 Å². The van der Waals surface area contributed by atoms with E-state index in [1.165, 1.54) is 43.2 Å². The first-order valence-corrected chi connectivity index (χ1v) is 14.5. The van der Waals surface area contributed by atoms with Gasteiger partial charge in [0.2, 0.25) is 18.5 Å². The number of hydrogen-bond donors (Lipinski definition) is 0. The van der Waals surface area contributed by atoms with Crippen LogP contribution in [0.2, 0.25) is 0 Å². The molecule has 4 nitrogen and oxygen atoms in total. The van der Waals surface area contributed by atoms with Crippen molar-refractivity contribution in [3.63, 3.8) is 0 Å². The van der Waals surface area contributed by atoms with Crippen molar-refractivity contribution in [2.45, 2.75) is 84.0 Å². The zero-order chi connectivity index (χ0) is 31.1. The highest BCUT2D eigenvalue weighted by atomic mass is 19.3. The van der Waals surface area contributed by atoms with Crippen LogP contribution in [0.1, 0.15) is 70.8 Å². The standard InChI is InChI=1S/C33H36F6O4/c1-4-6-22-9-11-23(12-10-22)24-13-15-25(16-14-24)43-33(38,39)19-40-28-18-17-26(30(36)31(28)37)27-7-5-8-29(41-20(2)34)32(27)42-21(3)35/h5,7-8,13-18,20-23H,4,6,9-12,19H2,1-3H3/t20?,21?,22-,23-. The van der Waals surface area contributed by atoms with Crippen LogP contribution in [0, 0.1) is 17.6 Å². The molecular weight excluding hydrogens is 574 g/mol. The smallest absolute Gasteiger partial charge is 0.432 e. The Morgan fingerprint density at radius 3 is 2.09 bits per heavy atom. The molecule has 0 aliphatic heterocycles. The molecule has 234 valence electrons. The fourth-order valence-corrected chi connectivity index (χ4v) is 5.50. The SMILES string of the molecule is CCC[C@H]1CC[C@H](c2ccc(OC(F)(F)COc3ccc(-c4cccc(OC(C)F)c4OC(C)F)c(F)c3F)cc2)CC1. The van der Waals surface area contributed by atoms with Crippen molar-refractivity contribution < 1.29 is 45.3 Å². The van der Waals surface area contributed by atoms with Crippen molar-refractivity contribution >= 4 is 0 Å². The van der Waals surface area contributed by atoms with E-state index in [9.17, 15) is 22.0 Å². The highest BCUT2D eigenvalue weighted by Crippen LogP contribution is 2.42. The molecule has 2 unspecified atom stereocenters. The third kappa shape index (κ3) is 8.51. The normalized spacial score (nSPS) is 18.5. The minimum Gasteiger partial charge on any atom is -0.480 e. The van der Waals surface area contributed by atoms with Crippen molar-refractivity contribution in [2.24, 2.45) is 5.92 Å². The number of rotatable bonds is 13. The maximum atomic E-state index is 15.1. The number of hydrogen-bond acceptors (Lipinski definition) is 4. The predicted molar refractivity (Wildman–Crippen MR) is 151 cm³/mol. The van der Waals surface area contributed by atoms with Crippen LogP contribution >= 0.6 is 0 Å². The van der Waals surface area contributed by atoms with Crippen LogP contribution in [0.15, 0.2) is 54.6 Å². The summed E-state index contributed by atoms with van der Waals surface area (Å²) in [6.45, 7) is 2.92. The first kappa shape index (κ1) is 32.4. The van der Waals surface area contributed by atoms with Gasteiger partial charge in [0.15, 0.2) is 29.7 Å². The Kier molecular flexibility index (Phi) is 10.7. The Morgan fingerprint density at radius 2 is 1.47 bits per heavy atom. The molecule has 10 heteroatoms. The first-order valence-electron chi connectivity index (χ1n) is 14.5. The summed E-state index contributed by atoms with van der Waals surface area (Å²) in [4.78, 5) is 0. The third-order valence-corrected chi connectivity index (χ3v) is 7.44. The zero-order valence-corrected chi connectivity index (χ0v) is 24.4. The Balaban J connectivity index is 1.42. The number of halogens is 6. The lowest BCUT2D eigenvalue weighted by atomic mass is 9.77. The van der Waals surface area contributed by atoms with Crippen LogP contribution in [0.3, 0.4) is 0 Å². The number of benzene rings is 3. The second-order valence-corrected chi connectivity index (χ2v) is 10.8. The van der Waals surface area contributed by atoms with Gasteiger partial charge in [-0.15, -0.1) is 0 Å². The van der Waals surface area contributed by atoms with E-state index in [0.717, 1.165) is 63.1 Å². The van der Waals surface area contributed by atoms with Gasteiger partial charge in [0, 0.05) is 25.0 Å². The van der Waals surface area contributed by atoms with Gasteiger partial charge in [-0.2, -0.15) is 13.2 Å². The largest absolute Gasteiger partial charge is 0.480 e. The second-order valence-electron chi connectivity index (χ2n) is 10.8. The molecule has 43 heavy (non-hydrogen) atoms. The summed E-state index contributed by atoms with van der Waals surface area (Å²) in [5.41, 5.74) is 0.529. The molecule has 0 N–H and O–H groups in total. The molecule has 0 aromatic heterocycles. The van der Waals surface area contributed by atoms with E-state index < -0.39 is 48.4 Å². The molecule has 0 bridgehead atoms. The van der Waals surface area contributed by atoms with Gasteiger partial charge in [-0.1, -0.05) is 44.0 Å². The van der Waals surface area contributed by atoms with Crippen LogP contribution < -0.4 is 18.9 Å². The van der Waals surface area contributed by atoms with Crippen molar-refractivity contribution in [3.8, 4) is 34.1 Å². The van der Waals surface area contributed by atoms with Gasteiger partial charge >= 0.3 is 6.11 Å². The average Bonchev–Trinajstić information content (AvgIpc) is 2.95. The molecule has 3 aromatic rings. The first-order chi connectivity index (χ1) is 20.5. The molecular formula is C33H36F6O4. The van der Waals surface area contributed by atoms with Crippen molar-refractivity contribution in [2.75, 3.05) is 6.61 Å². The summed E-state index contributed by atoms with van der Waals surface area (Å²) >= 11 is 0. The quantitative estimate of drug-likeness (QED) is 0.181. The van der Waals surface area contributed by atoms with Crippen LogP contribution in [0.5, 0.6) is 23.0 Å². The third-order valence-electron chi connectivity index (χ3n) is 7.44. The van der Waals surface area contributed by atoms with Crippen molar-refractivity contribution in [1.29, 1.82) is 0 Å². The van der Waals surface area contributed by atoms with Crippen LogP contribution in [0.4, 0.5) is 26.3 Å². The minimum atomic E-state index is -3.85. The Labute approximate surface area is 247 Å². The number of ether oxygens (including phenoxy) is 4. The van der Waals surface area contributed by atoms with Gasteiger partial charge in [0.1, 0.15) is 5.75 Å². The van der Waals surface area contributed by atoms with E-state index in [0.29, 0.717) is 5.92 Å². The molecule has 1 saturated carbocycles.